The molecule has 0 unspecified atom stereocenters. The van der Waals surface area contributed by atoms with Crippen LogP contribution in [0.2, 0.25) is 0 Å². The highest BCUT2D eigenvalue weighted by atomic mass is 32.2. The van der Waals surface area contributed by atoms with Gasteiger partial charge in [0.05, 0.1) is 11.4 Å². The predicted octanol–water partition coefficient (Wildman–Crippen LogP) is 4.74. The highest BCUT2D eigenvalue weighted by Gasteiger charge is 2.16. The third-order valence-electron chi connectivity index (χ3n) is 5.20. The average molecular weight is 452 g/mol. The number of amides is 1. The van der Waals surface area contributed by atoms with Crippen molar-refractivity contribution < 1.29 is 9.59 Å². The van der Waals surface area contributed by atoms with Crippen LogP contribution in [-0.2, 0) is 11.3 Å². The Hall–Kier alpha value is -3.13. The van der Waals surface area contributed by atoms with Gasteiger partial charge in [0, 0.05) is 36.4 Å². The Labute approximate surface area is 193 Å². The monoisotopic (exact) mass is 451 g/mol. The molecule has 1 amide bonds. The summed E-state index contributed by atoms with van der Waals surface area (Å²) >= 11 is 1.33. The number of rotatable bonds is 10. The lowest BCUT2D eigenvalue weighted by atomic mass is 10.1. The van der Waals surface area contributed by atoms with Crippen LogP contribution < -0.4 is 10.2 Å². The van der Waals surface area contributed by atoms with Gasteiger partial charge in [0.15, 0.2) is 16.8 Å². The lowest BCUT2D eigenvalue weighted by Gasteiger charge is -2.21. The van der Waals surface area contributed by atoms with Gasteiger partial charge in [0.25, 0.3) is 0 Å². The zero-order valence-electron chi connectivity index (χ0n) is 19.0. The molecule has 1 N–H and O–H groups in total. The minimum absolute atomic E-state index is 0.0871. The third kappa shape index (κ3) is 5.37. The van der Waals surface area contributed by atoms with Gasteiger partial charge < -0.3 is 14.8 Å². The van der Waals surface area contributed by atoms with E-state index in [0.29, 0.717) is 23.0 Å². The van der Waals surface area contributed by atoms with Crippen LogP contribution in [0.25, 0.3) is 11.4 Å². The van der Waals surface area contributed by atoms with E-state index >= 15 is 0 Å². The minimum atomic E-state index is -0.195. The fourth-order valence-corrected chi connectivity index (χ4v) is 4.32. The number of Topliss-reactive ketones (excluding diaryl/α,β-unsaturated/α-hetero) is 1. The molecule has 8 heteroatoms. The lowest BCUT2D eigenvalue weighted by Crippen LogP contribution is -2.21. The molecule has 0 saturated heterocycles. The number of carbonyl (C=O) groups excluding carboxylic acids is 2. The van der Waals surface area contributed by atoms with E-state index in [4.69, 9.17) is 0 Å². The number of nitrogens with zero attached hydrogens (tertiary/aromatic N) is 4. The van der Waals surface area contributed by atoms with Crippen LogP contribution in [-0.4, -0.2) is 45.3 Å². The number of thioether (sulfide) groups is 1. The number of nitrogens with one attached hydrogen (secondary N) is 1. The zero-order chi connectivity index (χ0) is 23.1. The molecule has 0 spiro atoms. The first-order chi connectivity index (χ1) is 15.5. The van der Waals surface area contributed by atoms with Crippen molar-refractivity contribution in [2.75, 3.05) is 29.1 Å². The second kappa shape index (κ2) is 10.9. The number of anilines is 2. The van der Waals surface area contributed by atoms with Gasteiger partial charge in [-0.2, -0.15) is 0 Å². The van der Waals surface area contributed by atoms with E-state index in [9.17, 15) is 9.59 Å². The molecule has 2 aromatic carbocycles. The molecule has 0 aliphatic carbocycles. The standard InChI is InChI=1S/C24H29N5O2S/c1-5-28(6-2)19-14-12-18(13-15-19)23-26-27-24(29(23)7-3)32-16-22(31)25-21-11-9-8-10-20(21)17(4)30/h8-15H,5-7,16H2,1-4H3,(H,25,31). The van der Waals surface area contributed by atoms with E-state index in [0.717, 1.165) is 24.5 Å². The Morgan fingerprint density at radius 2 is 1.69 bits per heavy atom. The van der Waals surface area contributed by atoms with Crippen molar-refractivity contribution in [2.24, 2.45) is 0 Å². The van der Waals surface area contributed by atoms with Gasteiger partial charge in [-0.05, 0) is 64.1 Å². The first kappa shape index (κ1) is 23.5. The molecule has 7 nitrogen and oxygen atoms in total. The molecule has 32 heavy (non-hydrogen) atoms. The van der Waals surface area contributed by atoms with Gasteiger partial charge in [-0.15, -0.1) is 10.2 Å². The topological polar surface area (TPSA) is 80.1 Å². The second-order valence-corrected chi connectivity index (χ2v) is 8.15. The Morgan fingerprint density at radius 1 is 1.00 bits per heavy atom. The molecule has 0 bridgehead atoms. The van der Waals surface area contributed by atoms with E-state index < -0.39 is 0 Å². The summed E-state index contributed by atoms with van der Waals surface area (Å²) in [7, 11) is 0. The van der Waals surface area contributed by atoms with Crippen LogP contribution in [0.5, 0.6) is 0 Å². The molecule has 0 fully saturated rings. The highest BCUT2D eigenvalue weighted by Crippen LogP contribution is 2.26. The van der Waals surface area contributed by atoms with Crippen LogP contribution in [0.3, 0.4) is 0 Å². The van der Waals surface area contributed by atoms with E-state index in [1.807, 2.05) is 11.5 Å². The largest absolute Gasteiger partial charge is 0.372 e. The quantitative estimate of drug-likeness (QED) is 0.354. The summed E-state index contributed by atoms with van der Waals surface area (Å²) in [5.74, 6) is 0.671. The normalized spacial score (nSPS) is 10.8. The molecule has 1 heterocycles. The molecular weight excluding hydrogens is 422 g/mol. The highest BCUT2D eigenvalue weighted by molar-refractivity contribution is 7.99. The molecule has 0 saturated carbocycles. The Kier molecular flexibility index (Phi) is 8.05. The molecule has 0 radical (unpaired) electrons. The summed E-state index contributed by atoms with van der Waals surface area (Å²) in [6.07, 6.45) is 0. The fraction of sp³-hybridized carbons (Fsp3) is 0.333. The van der Waals surface area contributed by atoms with Crippen LogP contribution in [0.4, 0.5) is 11.4 Å². The van der Waals surface area contributed by atoms with E-state index in [2.05, 4.69) is 58.5 Å². The third-order valence-corrected chi connectivity index (χ3v) is 6.17. The van der Waals surface area contributed by atoms with Gasteiger partial charge >= 0.3 is 0 Å². The molecule has 1 aromatic heterocycles. The van der Waals surface area contributed by atoms with E-state index in [1.54, 1.807) is 24.3 Å². The SMILES string of the molecule is CCN(CC)c1ccc(-c2nnc(SCC(=O)Nc3ccccc3C(C)=O)n2CC)cc1. The molecule has 3 aromatic rings. The number of hydrogen-bond donors (Lipinski definition) is 1. The number of benzene rings is 2. The molecular formula is C24H29N5O2S. The van der Waals surface area contributed by atoms with Crippen molar-refractivity contribution in [3.05, 3.63) is 54.1 Å². The van der Waals surface area contributed by atoms with Crippen molar-refractivity contribution in [1.29, 1.82) is 0 Å². The molecule has 3 rings (SSSR count). The van der Waals surface area contributed by atoms with Crippen molar-refractivity contribution in [3.63, 3.8) is 0 Å². The Morgan fingerprint density at radius 3 is 2.31 bits per heavy atom. The predicted molar refractivity (Wildman–Crippen MR) is 130 cm³/mol. The summed E-state index contributed by atoms with van der Waals surface area (Å²) in [6, 6.07) is 15.3. The molecule has 168 valence electrons. The number of ketones is 1. The Bertz CT molecular complexity index is 1070. The van der Waals surface area contributed by atoms with Crippen molar-refractivity contribution in [2.45, 2.75) is 39.4 Å². The van der Waals surface area contributed by atoms with Gasteiger partial charge in [-0.25, -0.2) is 0 Å². The van der Waals surface area contributed by atoms with Gasteiger partial charge in [-0.3, -0.25) is 9.59 Å². The van der Waals surface area contributed by atoms with E-state index in [1.165, 1.54) is 24.4 Å². The molecule has 0 aliphatic rings. The minimum Gasteiger partial charge on any atom is -0.372 e. The maximum atomic E-state index is 12.5. The summed E-state index contributed by atoms with van der Waals surface area (Å²) in [5.41, 5.74) is 3.19. The summed E-state index contributed by atoms with van der Waals surface area (Å²) in [5, 5.41) is 12.2. The second-order valence-electron chi connectivity index (χ2n) is 7.21. The van der Waals surface area contributed by atoms with Crippen molar-refractivity contribution in [1.82, 2.24) is 14.8 Å². The lowest BCUT2D eigenvalue weighted by molar-refractivity contribution is -0.113. The van der Waals surface area contributed by atoms with Crippen LogP contribution in [0.1, 0.15) is 38.1 Å². The number of aromatic nitrogens is 3. The van der Waals surface area contributed by atoms with Crippen molar-refractivity contribution >= 4 is 34.8 Å². The van der Waals surface area contributed by atoms with Crippen molar-refractivity contribution in [3.8, 4) is 11.4 Å². The maximum Gasteiger partial charge on any atom is 0.234 e. The first-order valence-electron chi connectivity index (χ1n) is 10.8. The smallest absolute Gasteiger partial charge is 0.234 e. The first-order valence-corrected chi connectivity index (χ1v) is 11.8. The van der Waals surface area contributed by atoms with Crippen LogP contribution in [0, 0.1) is 0 Å². The van der Waals surface area contributed by atoms with Crippen LogP contribution >= 0.6 is 11.8 Å². The van der Waals surface area contributed by atoms with Gasteiger partial charge in [-0.1, -0.05) is 23.9 Å². The summed E-state index contributed by atoms with van der Waals surface area (Å²) < 4.78 is 2.01. The Balaban J connectivity index is 1.70. The zero-order valence-corrected chi connectivity index (χ0v) is 19.8. The van der Waals surface area contributed by atoms with Crippen LogP contribution in [0.15, 0.2) is 53.7 Å². The average Bonchev–Trinajstić information content (AvgIpc) is 3.22. The van der Waals surface area contributed by atoms with E-state index in [-0.39, 0.29) is 17.4 Å². The number of para-hydroxylation sites is 1. The summed E-state index contributed by atoms with van der Waals surface area (Å²) in [4.78, 5) is 26.5. The fourth-order valence-electron chi connectivity index (χ4n) is 3.52. The molecule has 0 atom stereocenters. The number of carbonyl (C=O) groups is 2. The summed E-state index contributed by atoms with van der Waals surface area (Å²) in [6.45, 7) is 10.4. The number of hydrogen-bond acceptors (Lipinski definition) is 6. The van der Waals surface area contributed by atoms with Gasteiger partial charge in [0.1, 0.15) is 0 Å². The van der Waals surface area contributed by atoms with Gasteiger partial charge in [0.2, 0.25) is 5.91 Å². The maximum absolute atomic E-state index is 12.5. The molecule has 0 aliphatic heterocycles.